The third-order valence-corrected chi connectivity index (χ3v) is 3.12. The molecule has 2 heterocycles. The molecule has 0 atom stereocenters. The number of carbonyl (C=O) groups excluding carboxylic acids is 1. The van der Waals surface area contributed by atoms with Crippen molar-refractivity contribution < 1.29 is 4.79 Å². The van der Waals surface area contributed by atoms with Crippen molar-refractivity contribution in [3.63, 3.8) is 0 Å². The normalized spacial score (nSPS) is 10.3. The Morgan fingerprint density at radius 2 is 2.10 bits per heavy atom. The molecule has 0 saturated carbocycles. The number of benzene rings is 1. The van der Waals surface area contributed by atoms with Gasteiger partial charge in [0.2, 0.25) is 0 Å². The van der Waals surface area contributed by atoms with Gasteiger partial charge in [0.15, 0.2) is 0 Å². The molecule has 3 aromatic rings. The van der Waals surface area contributed by atoms with E-state index in [1.807, 2.05) is 36.4 Å². The molecule has 0 fully saturated rings. The van der Waals surface area contributed by atoms with E-state index in [0.717, 1.165) is 10.9 Å². The van der Waals surface area contributed by atoms with Crippen LogP contribution in [0.3, 0.4) is 0 Å². The zero-order chi connectivity index (χ0) is 14.8. The molecule has 3 rings (SSSR count). The Morgan fingerprint density at radius 3 is 2.90 bits per heavy atom. The van der Waals surface area contributed by atoms with Gasteiger partial charge in [0, 0.05) is 12.4 Å². The number of aromatic nitrogens is 3. The van der Waals surface area contributed by atoms with Crippen LogP contribution in [0.5, 0.6) is 0 Å². The summed E-state index contributed by atoms with van der Waals surface area (Å²) in [6.45, 7) is 0. The predicted octanol–water partition coefficient (Wildman–Crippen LogP) is 2.09. The zero-order valence-corrected chi connectivity index (χ0v) is 11.2. The number of hydrogen-bond donors (Lipinski definition) is 1. The van der Waals surface area contributed by atoms with Crippen LogP contribution in [-0.2, 0) is 7.05 Å². The number of hydrogen-bond acceptors (Lipinski definition) is 4. The van der Waals surface area contributed by atoms with Gasteiger partial charge >= 0.3 is 0 Å². The third kappa shape index (κ3) is 2.32. The van der Waals surface area contributed by atoms with Gasteiger partial charge in [0.25, 0.3) is 5.91 Å². The lowest BCUT2D eigenvalue weighted by atomic mass is 10.2. The minimum absolute atomic E-state index is 0.291. The number of aryl methyl sites for hydroxylation is 1. The molecule has 1 aromatic carbocycles. The number of carbonyl (C=O) groups is 1. The molecule has 2 aromatic heterocycles. The molecule has 6 nitrogen and oxygen atoms in total. The summed E-state index contributed by atoms with van der Waals surface area (Å²) in [5.41, 5.74) is 1.35. The molecule has 102 valence electrons. The molecule has 0 aliphatic rings. The second-order valence-electron chi connectivity index (χ2n) is 4.49. The van der Waals surface area contributed by atoms with Crippen LogP contribution in [0.1, 0.15) is 16.1 Å². The summed E-state index contributed by atoms with van der Waals surface area (Å²) in [6.07, 6.45) is 1.41. The highest BCUT2D eigenvalue weighted by Crippen LogP contribution is 2.15. The fourth-order valence-electron chi connectivity index (χ4n) is 2.03. The van der Waals surface area contributed by atoms with E-state index in [1.54, 1.807) is 13.1 Å². The van der Waals surface area contributed by atoms with Crippen molar-refractivity contribution in [2.24, 2.45) is 7.05 Å². The quantitative estimate of drug-likeness (QED) is 0.777. The maximum absolute atomic E-state index is 12.3. The summed E-state index contributed by atoms with van der Waals surface area (Å²) in [4.78, 5) is 16.6. The second-order valence-corrected chi connectivity index (χ2v) is 4.49. The van der Waals surface area contributed by atoms with Crippen LogP contribution in [0.25, 0.3) is 10.9 Å². The van der Waals surface area contributed by atoms with Crippen molar-refractivity contribution in [3.8, 4) is 6.07 Å². The molecule has 1 amide bonds. The highest BCUT2D eigenvalue weighted by atomic mass is 16.2. The molecule has 6 heteroatoms. The molecule has 0 aliphatic carbocycles. The monoisotopic (exact) mass is 277 g/mol. The lowest BCUT2D eigenvalue weighted by Gasteiger charge is -2.06. The van der Waals surface area contributed by atoms with Gasteiger partial charge in [-0.1, -0.05) is 24.3 Å². The van der Waals surface area contributed by atoms with Gasteiger partial charge in [-0.25, -0.2) is 4.98 Å². The summed E-state index contributed by atoms with van der Waals surface area (Å²) in [5, 5.41) is 16.6. The smallest absolute Gasteiger partial charge is 0.275 e. The summed E-state index contributed by atoms with van der Waals surface area (Å²) in [7, 11) is 1.66. The van der Waals surface area contributed by atoms with Crippen molar-refractivity contribution >= 4 is 22.6 Å². The molecular weight excluding hydrogens is 266 g/mol. The molecule has 0 unspecified atom stereocenters. The minimum Gasteiger partial charge on any atom is -0.304 e. The fraction of sp³-hybridized carbons (Fsp3) is 0.0667. The van der Waals surface area contributed by atoms with Crippen LogP contribution < -0.4 is 5.32 Å². The van der Waals surface area contributed by atoms with Crippen LogP contribution in [0, 0.1) is 11.3 Å². The number of amides is 1. The van der Waals surface area contributed by atoms with E-state index in [-0.39, 0.29) is 5.91 Å². The average molecular weight is 277 g/mol. The molecule has 0 aliphatic heterocycles. The largest absolute Gasteiger partial charge is 0.304 e. The van der Waals surface area contributed by atoms with Crippen LogP contribution in [-0.4, -0.2) is 20.7 Å². The van der Waals surface area contributed by atoms with Crippen LogP contribution >= 0.6 is 0 Å². The third-order valence-electron chi connectivity index (χ3n) is 3.12. The molecule has 0 spiro atoms. The first-order chi connectivity index (χ1) is 10.2. The summed E-state index contributed by atoms with van der Waals surface area (Å²) in [5.74, 6) is -0.0155. The van der Waals surface area contributed by atoms with Gasteiger partial charge in [-0.2, -0.15) is 10.4 Å². The number of rotatable bonds is 2. The Bertz CT molecular complexity index is 875. The summed E-state index contributed by atoms with van der Waals surface area (Å²) >= 11 is 0. The van der Waals surface area contributed by atoms with E-state index in [2.05, 4.69) is 15.4 Å². The van der Waals surface area contributed by atoms with Gasteiger partial charge < -0.3 is 5.32 Å². The Hall–Kier alpha value is -3.20. The van der Waals surface area contributed by atoms with E-state index >= 15 is 0 Å². The lowest BCUT2D eigenvalue weighted by Crippen LogP contribution is -2.16. The van der Waals surface area contributed by atoms with Crippen molar-refractivity contribution in [2.75, 3.05) is 5.32 Å². The minimum atomic E-state index is -0.374. The van der Waals surface area contributed by atoms with Gasteiger partial charge in [-0.3, -0.25) is 9.48 Å². The Morgan fingerprint density at radius 1 is 1.29 bits per heavy atom. The molecule has 21 heavy (non-hydrogen) atoms. The van der Waals surface area contributed by atoms with Gasteiger partial charge in [0.1, 0.15) is 23.1 Å². The molecule has 0 bridgehead atoms. The lowest BCUT2D eigenvalue weighted by molar-refractivity contribution is 0.102. The number of fused-ring (bicyclic) bond motifs is 1. The van der Waals surface area contributed by atoms with Crippen LogP contribution in [0.2, 0.25) is 0 Å². The number of nitriles is 1. The summed E-state index contributed by atoms with van der Waals surface area (Å²) in [6, 6.07) is 13.0. The topological polar surface area (TPSA) is 83.6 Å². The molecular formula is C15H11N5O. The van der Waals surface area contributed by atoms with Crippen molar-refractivity contribution in [3.05, 3.63) is 53.9 Å². The van der Waals surface area contributed by atoms with Crippen molar-refractivity contribution in [1.29, 1.82) is 5.26 Å². The first kappa shape index (κ1) is 12.8. The number of anilines is 1. The van der Waals surface area contributed by atoms with Crippen molar-refractivity contribution in [2.45, 2.75) is 0 Å². The van der Waals surface area contributed by atoms with Gasteiger partial charge in [-0.15, -0.1) is 0 Å². The maximum atomic E-state index is 12.3. The second kappa shape index (κ2) is 5.06. The average Bonchev–Trinajstić information content (AvgIpc) is 2.87. The molecule has 1 N–H and O–H groups in total. The first-order valence-electron chi connectivity index (χ1n) is 6.28. The van der Waals surface area contributed by atoms with Gasteiger partial charge in [-0.05, 0) is 12.1 Å². The standard InChI is InChI=1S/C15H11N5O/c1-20-14(11(8-16)9-17-20)19-15(21)13-7-6-10-4-2-3-5-12(10)18-13/h2-7,9H,1H3,(H,19,21). The number of para-hydroxylation sites is 1. The Labute approximate surface area is 120 Å². The van der Waals surface area contributed by atoms with Crippen LogP contribution in [0.15, 0.2) is 42.6 Å². The van der Waals surface area contributed by atoms with E-state index < -0.39 is 0 Å². The number of pyridine rings is 1. The zero-order valence-electron chi connectivity index (χ0n) is 11.2. The first-order valence-corrected chi connectivity index (χ1v) is 6.28. The molecule has 0 radical (unpaired) electrons. The predicted molar refractivity (Wildman–Crippen MR) is 77.6 cm³/mol. The Kier molecular flexibility index (Phi) is 3.09. The van der Waals surface area contributed by atoms with E-state index in [0.29, 0.717) is 17.1 Å². The molecule has 0 saturated heterocycles. The van der Waals surface area contributed by atoms with E-state index in [9.17, 15) is 4.79 Å². The number of nitrogens with zero attached hydrogens (tertiary/aromatic N) is 4. The fourth-order valence-corrected chi connectivity index (χ4v) is 2.03. The number of nitrogens with one attached hydrogen (secondary N) is 1. The van der Waals surface area contributed by atoms with Crippen molar-refractivity contribution in [1.82, 2.24) is 14.8 Å². The highest BCUT2D eigenvalue weighted by Gasteiger charge is 2.14. The van der Waals surface area contributed by atoms with E-state index in [4.69, 9.17) is 5.26 Å². The van der Waals surface area contributed by atoms with Gasteiger partial charge in [0.05, 0.1) is 11.7 Å². The Balaban J connectivity index is 1.94. The van der Waals surface area contributed by atoms with Crippen LogP contribution in [0.4, 0.5) is 5.82 Å². The van der Waals surface area contributed by atoms with E-state index in [1.165, 1.54) is 10.9 Å². The SMILES string of the molecule is Cn1ncc(C#N)c1NC(=O)c1ccc2ccccc2n1. The maximum Gasteiger partial charge on any atom is 0.275 e. The summed E-state index contributed by atoms with van der Waals surface area (Å²) < 4.78 is 1.44. The highest BCUT2D eigenvalue weighted by molar-refractivity contribution is 6.04.